The lowest BCUT2D eigenvalue weighted by atomic mass is 10.1. The molecule has 0 saturated heterocycles. The third-order valence-corrected chi connectivity index (χ3v) is 3.66. The Balaban J connectivity index is 0.00000288. The number of benzene rings is 1. The van der Waals surface area contributed by atoms with Gasteiger partial charge in [0.15, 0.2) is 5.96 Å². The quantitative estimate of drug-likeness (QED) is 0.422. The number of rotatable bonds is 5. The third-order valence-electron chi connectivity index (χ3n) is 3.66. The standard InChI is InChI=1S/C18H27N5.HI/c1-12-6-13(2)8-17(7-12)21-18(19)20-10-14(3)11-23-16(5)9-15(4)22-23;/h6-9,14H,10-11H2,1-5H3,(H3,19,20,21);1H. The summed E-state index contributed by atoms with van der Waals surface area (Å²) in [5, 5.41) is 7.65. The molecule has 0 aliphatic carbocycles. The second-order valence-electron chi connectivity index (χ2n) is 6.44. The molecule has 6 heteroatoms. The Labute approximate surface area is 161 Å². The van der Waals surface area contributed by atoms with Crippen molar-refractivity contribution < 1.29 is 0 Å². The Morgan fingerprint density at radius 3 is 2.33 bits per heavy atom. The maximum Gasteiger partial charge on any atom is 0.193 e. The molecule has 0 fully saturated rings. The molecule has 2 aromatic rings. The van der Waals surface area contributed by atoms with E-state index in [2.05, 4.69) is 67.4 Å². The first kappa shape index (κ1) is 20.5. The van der Waals surface area contributed by atoms with Crippen LogP contribution >= 0.6 is 24.0 Å². The van der Waals surface area contributed by atoms with Gasteiger partial charge in [-0.25, -0.2) is 0 Å². The van der Waals surface area contributed by atoms with Crippen molar-refractivity contribution in [2.75, 3.05) is 11.9 Å². The minimum atomic E-state index is 0. The molecule has 0 spiro atoms. The SMILES string of the molecule is Cc1cc(C)cc(NC(N)=NCC(C)Cn2nc(C)cc2C)c1.I. The van der Waals surface area contributed by atoms with Crippen LogP contribution in [0.5, 0.6) is 0 Å². The van der Waals surface area contributed by atoms with Crippen LogP contribution in [0.25, 0.3) is 0 Å². The minimum Gasteiger partial charge on any atom is -0.370 e. The highest BCUT2D eigenvalue weighted by atomic mass is 127. The summed E-state index contributed by atoms with van der Waals surface area (Å²) in [6.07, 6.45) is 0. The number of hydrogen-bond donors (Lipinski definition) is 2. The average molecular weight is 441 g/mol. The van der Waals surface area contributed by atoms with E-state index < -0.39 is 0 Å². The van der Waals surface area contributed by atoms with E-state index in [0.29, 0.717) is 18.4 Å². The maximum atomic E-state index is 6.00. The van der Waals surface area contributed by atoms with Gasteiger partial charge in [-0.1, -0.05) is 13.0 Å². The number of aryl methyl sites for hydroxylation is 4. The molecule has 24 heavy (non-hydrogen) atoms. The van der Waals surface area contributed by atoms with Crippen molar-refractivity contribution in [1.29, 1.82) is 0 Å². The molecule has 1 heterocycles. The molecule has 132 valence electrons. The number of aromatic nitrogens is 2. The fourth-order valence-electron chi connectivity index (χ4n) is 2.70. The Morgan fingerprint density at radius 1 is 1.17 bits per heavy atom. The summed E-state index contributed by atoms with van der Waals surface area (Å²) < 4.78 is 2.03. The zero-order valence-corrected chi connectivity index (χ0v) is 17.5. The number of nitrogens with two attached hydrogens (primary N) is 1. The summed E-state index contributed by atoms with van der Waals surface area (Å²) in [5.41, 5.74) is 11.6. The van der Waals surface area contributed by atoms with Crippen LogP contribution in [0.15, 0.2) is 29.3 Å². The van der Waals surface area contributed by atoms with E-state index in [0.717, 1.165) is 17.9 Å². The lowest BCUT2D eigenvalue weighted by Gasteiger charge is -2.12. The van der Waals surface area contributed by atoms with Gasteiger partial charge in [-0.2, -0.15) is 5.10 Å². The molecule has 1 atom stereocenters. The first-order valence-corrected chi connectivity index (χ1v) is 8.00. The zero-order valence-electron chi connectivity index (χ0n) is 15.1. The third kappa shape index (κ3) is 6.14. The number of guanidine groups is 1. The number of anilines is 1. The molecule has 0 saturated carbocycles. The normalized spacial score (nSPS) is 12.6. The highest BCUT2D eigenvalue weighted by Gasteiger charge is 2.07. The van der Waals surface area contributed by atoms with E-state index in [1.54, 1.807) is 0 Å². The maximum absolute atomic E-state index is 6.00. The summed E-state index contributed by atoms with van der Waals surface area (Å²) in [4.78, 5) is 4.45. The Kier molecular flexibility index (Phi) is 7.72. The number of halogens is 1. The van der Waals surface area contributed by atoms with Crippen LogP contribution in [-0.2, 0) is 6.54 Å². The summed E-state index contributed by atoms with van der Waals surface area (Å²) in [6, 6.07) is 8.35. The molecule has 0 aliphatic heterocycles. The predicted octanol–water partition coefficient (Wildman–Crippen LogP) is 3.80. The van der Waals surface area contributed by atoms with Gasteiger partial charge in [0.25, 0.3) is 0 Å². The van der Waals surface area contributed by atoms with E-state index in [1.165, 1.54) is 16.8 Å². The van der Waals surface area contributed by atoms with Gasteiger partial charge in [0.05, 0.1) is 5.69 Å². The van der Waals surface area contributed by atoms with Crippen molar-refractivity contribution in [1.82, 2.24) is 9.78 Å². The molecule has 3 N–H and O–H groups in total. The molecule has 1 aromatic carbocycles. The van der Waals surface area contributed by atoms with Crippen LogP contribution in [0.1, 0.15) is 29.4 Å². The average Bonchev–Trinajstić information content (AvgIpc) is 2.73. The number of nitrogens with one attached hydrogen (secondary N) is 1. The van der Waals surface area contributed by atoms with Crippen molar-refractivity contribution >= 4 is 35.6 Å². The zero-order chi connectivity index (χ0) is 17.0. The van der Waals surface area contributed by atoms with E-state index in [4.69, 9.17) is 5.73 Å². The van der Waals surface area contributed by atoms with Crippen molar-refractivity contribution in [3.63, 3.8) is 0 Å². The van der Waals surface area contributed by atoms with E-state index in [9.17, 15) is 0 Å². The van der Waals surface area contributed by atoms with Crippen molar-refractivity contribution in [3.8, 4) is 0 Å². The number of aliphatic imine (C=N–C) groups is 1. The predicted molar refractivity (Wildman–Crippen MR) is 112 cm³/mol. The van der Waals surface area contributed by atoms with Crippen LogP contribution in [0.2, 0.25) is 0 Å². The molecular weight excluding hydrogens is 413 g/mol. The Bertz CT molecular complexity index is 685. The Morgan fingerprint density at radius 2 is 1.79 bits per heavy atom. The molecule has 2 rings (SSSR count). The van der Waals surface area contributed by atoms with Gasteiger partial charge in [-0.05, 0) is 62.9 Å². The number of nitrogens with zero attached hydrogens (tertiary/aromatic N) is 3. The smallest absolute Gasteiger partial charge is 0.193 e. The van der Waals surface area contributed by atoms with Crippen LogP contribution in [0.3, 0.4) is 0 Å². The fourth-order valence-corrected chi connectivity index (χ4v) is 2.70. The van der Waals surface area contributed by atoms with Crippen molar-refractivity contribution in [3.05, 3.63) is 46.8 Å². The van der Waals surface area contributed by atoms with Crippen LogP contribution < -0.4 is 11.1 Å². The van der Waals surface area contributed by atoms with E-state index >= 15 is 0 Å². The van der Waals surface area contributed by atoms with Gasteiger partial charge >= 0.3 is 0 Å². The minimum absolute atomic E-state index is 0. The van der Waals surface area contributed by atoms with Gasteiger partial charge in [0.1, 0.15) is 0 Å². The van der Waals surface area contributed by atoms with Crippen LogP contribution in [0.4, 0.5) is 5.69 Å². The van der Waals surface area contributed by atoms with Gasteiger partial charge in [-0.3, -0.25) is 9.67 Å². The number of hydrogen-bond acceptors (Lipinski definition) is 2. The lowest BCUT2D eigenvalue weighted by molar-refractivity contribution is 0.450. The van der Waals surface area contributed by atoms with E-state index in [-0.39, 0.29) is 24.0 Å². The molecule has 1 unspecified atom stereocenters. The summed E-state index contributed by atoms with van der Waals surface area (Å²) in [5.74, 6) is 0.822. The lowest BCUT2D eigenvalue weighted by Crippen LogP contribution is -2.24. The highest BCUT2D eigenvalue weighted by Crippen LogP contribution is 2.13. The second kappa shape index (κ2) is 9.05. The molecule has 0 amide bonds. The monoisotopic (exact) mass is 441 g/mol. The van der Waals surface area contributed by atoms with Crippen molar-refractivity contribution in [2.45, 2.75) is 41.2 Å². The summed E-state index contributed by atoms with van der Waals surface area (Å²) in [7, 11) is 0. The van der Waals surface area contributed by atoms with E-state index in [1.807, 2.05) is 11.6 Å². The van der Waals surface area contributed by atoms with Gasteiger partial charge in [0, 0.05) is 24.5 Å². The summed E-state index contributed by atoms with van der Waals surface area (Å²) in [6.45, 7) is 11.9. The topological polar surface area (TPSA) is 68.2 Å². The van der Waals surface area contributed by atoms with Gasteiger partial charge in [0.2, 0.25) is 0 Å². The fraction of sp³-hybridized carbons (Fsp3) is 0.444. The molecule has 0 aliphatic rings. The largest absolute Gasteiger partial charge is 0.370 e. The van der Waals surface area contributed by atoms with Gasteiger partial charge in [-0.15, -0.1) is 24.0 Å². The Hall–Kier alpha value is -1.57. The van der Waals surface area contributed by atoms with Gasteiger partial charge < -0.3 is 11.1 Å². The summed E-state index contributed by atoms with van der Waals surface area (Å²) >= 11 is 0. The molecule has 0 bridgehead atoms. The molecular formula is C18H28IN5. The second-order valence-corrected chi connectivity index (χ2v) is 6.44. The molecule has 0 radical (unpaired) electrons. The molecule has 5 nitrogen and oxygen atoms in total. The highest BCUT2D eigenvalue weighted by molar-refractivity contribution is 14.0. The molecule has 1 aromatic heterocycles. The van der Waals surface area contributed by atoms with Crippen molar-refractivity contribution in [2.24, 2.45) is 16.6 Å². The van der Waals surface area contributed by atoms with Crippen LogP contribution in [0, 0.1) is 33.6 Å². The van der Waals surface area contributed by atoms with Crippen LogP contribution in [-0.4, -0.2) is 22.3 Å². The first-order chi connectivity index (χ1) is 10.8. The first-order valence-electron chi connectivity index (χ1n) is 8.00.